The Labute approximate surface area is 62.6 Å². The van der Waals surface area contributed by atoms with Crippen molar-refractivity contribution in [3.8, 4) is 0 Å². The van der Waals surface area contributed by atoms with E-state index in [9.17, 15) is 0 Å². The first-order chi connectivity index (χ1) is 4.83. The molecule has 0 radical (unpaired) electrons. The molecule has 1 spiro atoms. The van der Waals surface area contributed by atoms with Crippen LogP contribution in [0.15, 0.2) is 24.3 Å². The SMILES string of the molecule is CC1C=CCC12CC=CC2. The van der Waals surface area contributed by atoms with Gasteiger partial charge < -0.3 is 0 Å². The molecule has 2 aliphatic rings. The molecule has 0 bridgehead atoms. The predicted octanol–water partition coefficient (Wildman–Crippen LogP) is 2.92. The number of hydrogen-bond acceptors (Lipinski definition) is 0. The lowest BCUT2D eigenvalue weighted by Gasteiger charge is -2.28. The lowest BCUT2D eigenvalue weighted by molar-refractivity contribution is 0.255. The zero-order valence-corrected chi connectivity index (χ0v) is 6.51. The van der Waals surface area contributed by atoms with Crippen LogP contribution in [0.3, 0.4) is 0 Å². The molecule has 0 nitrogen and oxygen atoms in total. The molecule has 0 aromatic heterocycles. The fraction of sp³-hybridized carbons (Fsp3) is 0.600. The molecule has 2 rings (SSSR count). The van der Waals surface area contributed by atoms with E-state index in [1.165, 1.54) is 19.3 Å². The smallest absolute Gasteiger partial charge is 0.0134 e. The lowest BCUT2D eigenvalue weighted by atomic mass is 9.76. The van der Waals surface area contributed by atoms with Gasteiger partial charge in [-0.15, -0.1) is 0 Å². The van der Waals surface area contributed by atoms with Crippen molar-refractivity contribution in [2.24, 2.45) is 11.3 Å². The van der Waals surface area contributed by atoms with Crippen LogP contribution in [0.4, 0.5) is 0 Å². The minimum absolute atomic E-state index is 0.625. The van der Waals surface area contributed by atoms with E-state index >= 15 is 0 Å². The summed E-state index contributed by atoms with van der Waals surface area (Å²) >= 11 is 0. The van der Waals surface area contributed by atoms with Crippen molar-refractivity contribution in [2.45, 2.75) is 26.2 Å². The predicted molar refractivity (Wildman–Crippen MR) is 43.7 cm³/mol. The van der Waals surface area contributed by atoms with Gasteiger partial charge >= 0.3 is 0 Å². The average Bonchev–Trinajstić information content (AvgIpc) is 2.48. The van der Waals surface area contributed by atoms with E-state index in [2.05, 4.69) is 31.2 Å². The molecule has 0 aromatic carbocycles. The van der Waals surface area contributed by atoms with E-state index in [4.69, 9.17) is 0 Å². The molecule has 0 amide bonds. The lowest BCUT2D eigenvalue weighted by Crippen LogP contribution is -2.19. The molecule has 10 heavy (non-hydrogen) atoms. The second kappa shape index (κ2) is 1.98. The standard InChI is InChI=1S/C10H14/c1-9-5-4-8-10(9)6-2-3-7-10/h2-5,9H,6-8H2,1H3. The van der Waals surface area contributed by atoms with Gasteiger partial charge in [0.15, 0.2) is 0 Å². The van der Waals surface area contributed by atoms with Crippen LogP contribution >= 0.6 is 0 Å². The van der Waals surface area contributed by atoms with E-state index in [-0.39, 0.29) is 0 Å². The highest BCUT2D eigenvalue weighted by Crippen LogP contribution is 2.47. The van der Waals surface area contributed by atoms with E-state index in [1.54, 1.807) is 0 Å². The van der Waals surface area contributed by atoms with Gasteiger partial charge in [0.2, 0.25) is 0 Å². The van der Waals surface area contributed by atoms with Gasteiger partial charge in [0.05, 0.1) is 0 Å². The van der Waals surface area contributed by atoms with Crippen LogP contribution in [0.25, 0.3) is 0 Å². The molecule has 0 heterocycles. The molecule has 1 unspecified atom stereocenters. The highest BCUT2D eigenvalue weighted by Gasteiger charge is 2.36. The zero-order valence-electron chi connectivity index (χ0n) is 6.51. The van der Waals surface area contributed by atoms with Crippen molar-refractivity contribution in [3.63, 3.8) is 0 Å². The van der Waals surface area contributed by atoms with Gasteiger partial charge in [-0.05, 0) is 30.6 Å². The molecule has 0 heteroatoms. The van der Waals surface area contributed by atoms with Crippen LogP contribution < -0.4 is 0 Å². The summed E-state index contributed by atoms with van der Waals surface area (Å²) in [5.74, 6) is 0.808. The Morgan fingerprint density at radius 2 is 1.70 bits per heavy atom. The van der Waals surface area contributed by atoms with Gasteiger partial charge in [-0.25, -0.2) is 0 Å². The maximum Gasteiger partial charge on any atom is -0.0134 e. The first-order valence-corrected chi connectivity index (χ1v) is 4.15. The van der Waals surface area contributed by atoms with Crippen molar-refractivity contribution in [1.29, 1.82) is 0 Å². The van der Waals surface area contributed by atoms with Gasteiger partial charge in [-0.2, -0.15) is 0 Å². The van der Waals surface area contributed by atoms with Crippen LogP contribution in [0.1, 0.15) is 26.2 Å². The third-order valence-electron chi connectivity index (χ3n) is 3.13. The van der Waals surface area contributed by atoms with Crippen molar-refractivity contribution < 1.29 is 0 Å². The molecule has 2 aliphatic carbocycles. The Balaban J connectivity index is 2.18. The highest BCUT2D eigenvalue weighted by atomic mass is 14.4. The van der Waals surface area contributed by atoms with Gasteiger partial charge in [0, 0.05) is 0 Å². The molecule has 0 aliphatic heterocycles. The fourth-order valence-corrected chi connectivity index (χ4v) is 2.15. The summed E-state index contributed by atoms with van der Waals surface area (Å²) in [4.78, 5) is 0. The van der Waals surface area contributed by atoms with Gasteiger partial charge in [0.1, 0.15) is 0 Å². The van der Waals surface area contributed by atoms with Crippen molar-refractivity contribution in [3.05, 3.63) is 24.3 Å². The average molecular weight is 134 g/mol. The van der Waals surface area contributed by atoms with E-state index < -0.39 is 0 Å². The molecular weight excluding hydrogens is 120 g/mol. The maximum atomic E-state index is 2.37. The largest absolute Gasteiger partial charge is 0.0879 e. The molecule has 0 aromatic rings. The first kappa shape index (κ1) is 6.21. The minimum Gasteiger partial charge on any atom is -0.0879 e. The Bertz CT molecular complexity index is 173. The summed E-state index contributed by atoms with van der Waals surface area (Å²) in [6.45, 7) is 2.34. The number of rotatable bonds is 0. The third kappa shape index (κ3) is 0.681. The van der Waals surface area contributed by atoms with Gasteiger partial charge in [-0.3, -0.25) is 0 Å². The van der Waals surface area contributed by atoms with Crippen LogP contribution in [-0.4, -0.2) is 0 Å². The Hall–Kier alpha value is -0.520. The molecule has 54 valence electrons. The number of hydrogen-bond donors (Lipinski definition) is 0. The topological polar surface area (TPSA) is 0 Å². The first-order valence-electron chi connectivity index (χ1n) is 4.15. The maximum absolute atomic E-state index is 2.37. The van der Waals surface area contributed by atoms with Crippen molar-refractivity contribution in [1.82, 2.24) is 0 Å². The van der Waals surface area contributed by atoms with Crippen LogP contribution in [0.5, 0.6) is 0 Å². The van der Waals surface area contributed by atoms with Crippen LogP contribution in [-0.2, 0) is 0 Å². The van der Waals surface area contributed by atoms with E-state index in [0.29, 0.717) is 5.41 Å². The number of allylic oxidation sites excluding steroid dienone is 4. The molecule has 0 fully saturated rings. The summed E-state index contributed by atoms with van der Waals surface area (Å²) < 4.78 is 0. The highest BCUT2D eigenvalue weighted by molar-refractivity contribution is 5.15. The summed E-state index contributed by atoms with van der Waals surface area (Å²) in [6, 6.07) is 0. The van der Waals surface area contributed by atoms with Crippen LogP contribution in [0.2, 0.25) is 0 Å². The Morgan fingerprint density at radius 3 is 2.20 bits per heavy atom. The van der Waals surface area contributed by atoms with Crippen LogP contribution in [0, 0.1) is 11.3 Å². The Morgan fingerprint density at radius 1 is 1.10 bits per heavy atom. The molecule has 0 N–H and O–H groups in total. The summed E-state index contributed by atoms with van der Waals surface area (Å²) in [5.41, 5.74) is 0.625. The monoisotopic (exact) mass is 134 g/mol. The van der Waals surface area contributed by atoms with Crippen molar-refractivity contribution in [2.75, 3.05) is 0 Å². The normalized spacial score (nSPS) is 34.3. The third-order valence-corrected chi connectivity index (χ3v) is 3.13. The molecular formula is C10H14. The van der Waals surface area contributed by atoms with Crippen molar-refractivity contribution >= 4 is 0 Å². The summed E-state index contributed by atoms with van der Waals surface area (Å²) in [6.07, 6.45) is 13.3. The van der Waals surface area contributed by atoms with E-state index in [0.717, 1.165) is 5.92 Å². The van der Waals surface area contributed by atoms with Gasteiger partial charge in [0.25, 0.3) is 0 Å². The quantitative estimate of drug-likeness (QED) is 0.447. The summed E-state index contributed by atoms with van der Waals surface area (Å²) in [5, 5.41) is 0. The second-order valence-corrected chi connectivity index (χ2v) is 3.66. The Kier molecular flexibility index (Phi) is 1.23. The second-order valence-electron chi connectivity index (χ2n) is 3.66. The molecule has 0 saturated heterocycles. The van der Waals surface area contributed by atoms with Gasteiger partial charge in [-0.1, -0.05) is 31.2 Å². The fourth-order valence-electron chi connectivity index (χ4n) is 2.15. The molecule has 1 atom stereocenters. The minimum atomic E-state index is 0.625. The zero-order chi connectivity index (χ0) is 7.03. The van der Waals surface area contributed by atoms with E-state index in [1.807, 2.05) is 0 Å². The molecule has 0 saturated carbocycles. The summed E-state index contributed by atoms with van der Waals surface area (Å²) in [7, 11) is 0.